The number of benzene rings is 4. The van der Waals surface area contributed by atoms with Crippen LogP contribution in [0.25, 0.3) is 0 Å². The molecule has 0 saturated heterocycles. The quantitative estimate of drug-likeness (QED) is 0.225. The van der Waals surface area contributed by atoms with Crippen molar-refractivity contribution in [3.05, 3.63) is 133 Å². The summed E-state index contributed by atoms with van der Waals surface area (Å²) in [6.45, 7) is 3.62. The molecule has 0 atom stereocenters. The lowest BCUT2D eigenvalue weighted by Crippen LogP contribution is -2.21. The van der Waals surface area contributed by atoms with Crippen molar-refractivity contribution in [3.63, 3.8) is 0 Å². The molecule has 0 fully saturated rings. The number of hydrogen-bond acceptors (Lipinski definition) is 7. The maximum absolute atomic E-state index is 12.9. The van der Waals surface area contributed by atoms with Gasteiger partial charge in [0, 0.05) is 23.8 Å². The third-order valence-corrected chi connectivity index (χ3v) is 6.84. The van der Waals surface area contributed by atoms with Crippen LogP contribution >= 0.6 is 0 Å². The van der Waals surface area contributed by atoms with Crippen LogP contribution in [0.15, 0.2) is 143 Å². The summed E-state index contributed by atoms with van der Waals surface area (Å²) in [6.07, 6.45) is 3.35. The van der Waals surface area contributed by atoms with E-state index in [1.54, 1.807) is 12.4 Å². The number of amides is 2. The molecule has 0 aromatic heterocycles. The molecule has 0 bridgehead atoms. The number of rotatable bonds is 8. The first kappa shape index (κ1) is 27.2. The molecular weight excluding hydrogens is 540 g/mol. The van der Waals surface area contributed by atoms with Gasteiger partial charge < -0.3 is 15.4 Å². The average molecular weight is 569 g/mol. The number of hydrazone groups is 2. The third kappa shape index (κ3) is 5.91. The molecule has 0 radical (unpaired) electrons. The lowest BCUT2D eigenvalue weighted by molar-refractivity contribution is -0.115. The summed E-state index contributed by atoms with van der Waals surface area (Å²) in [4.78, 5) is 25.8. The smallest absolute Gasteiger partial charge is 0.282 e. The van der Waals surface area contributed by atoms with E-state index in [-0.39, 0.29) is 11.8 Å². The Hall–Kier alpha value is -5.96. The molecule has 9 nitrogen and oxygen atoms in total. The number of anilines is 4. The van der Waals surface area contributed by atoms with Gasteiger partial charge in [0.2, 0.25) is 0 Å². The van der Waals surface area contributed by atoms with E-state index in [0.717, 1.165) is 22.7 Å². The van der Waals surface area contributed by atoms with Crippen LogP contribution in [-0.4, -0.2) is 23.2 Å². The fourth-order valence-corrected chi connectivity index (χ4v) is 4.54. The summed E-state index contributed by atoms with van der Waals surface area (Å²) in [5.74, 6) is 0.959. The number of ether oxygens (including phenoxy) is 1. The van der Waals surface area contributed by atoms with E-state index < -0.39 is 0 Å². The van der Waals surface area contributed by atoms with E-state index in [1.807, 2.05) is 123 Å². The van der Waals surface area contributed by atoms with Gasteiger partial charge in [-0.25, -0.2) is 0 Å². The van der Waals surface area contributed by atoms with Crippen LogP contribution in [-0.2, 0) is 9.59 Å². The van der Waals surface area contributed by atoms with Gasteiger partial charge in [0.05, 0.1) is 33.9 Å². The molecule has 0 spiro atoms. The topological polar surface area (TPSA) is 98.6 Å². The van der Waals surface area contributed by atoms with Crippen molar-refractivity contribution in [2.24, 2.45) is 10.2 Å². The van der Waals surface area contributed by atoms with E-state index in [9.17, 15) is 9.59 Å². The van der Waals surface area contributed by atoms with E-state index >= 15 is 0 Å². The predicted octanol–water partition coefficient (Wildman–Crippen LogP) is 6.92. The molecule has 2 aliphatic rings. The van der Waals surface area contributed by atoms with Crippen molar-refractivity contribution in [3.8, 4) is 11.5 Å². The lowest BCUT2D eigenvalue weighted by atomic mass is 10.2. The number of nitrogens with zero attached hydrogens (tertiary/aromatic N) is 4. The second-order valence-electron chi connectivity index (χ2n) is 9.83. The van der Waals surface area contributed by atoms with Gasteiger partial charge in [0.25, 0.3) is 11.8 Å². The van der Waals surface area contributed by atoms with Crippen molar-refractivity contribution >= 4 is 46.0 Å². The summed E-state index contributed by atoms with van der Waals surface area (Å²) in [6, 6.07) is 33.5. The molecule has 9 heteroatoms. The zero-order valence-electron chi connectivity index (χ0n) is 23.6. The van der Waals surface area contributed by atoms with Gasteiger partial charge >= 0.3 is 0 Å². The van der Waals surface area contributed by atoms with Crippen LogP contribution in [0.2, 0.25) is 0 Å². The van der Waals surface area contributed by atoms with Crippen molar-refractivity contribution in [1.29, 1.82) is 0 Å². The van der Waals surface area contributed by atoms with E-state index in [1.165, 1.54) is 10.0 Å². The van der Waals surface area contributed by atoms with E-state index in [4.69, 9.17) is 4.74 Å². The summed E-state index contributed by atoms with van der Waals surface area (Å²) in [5, 5.41) is 18.0. The molecule has 2 N–H and O–H groups in total. The first-order valence-corrected chi connectivity index (χ1v) is 13.7. The van der Waals surface area contributed by atoms with Crippen molar-refractivity contribution in [2.45, 2.75) is 13.8 Å². The lowest BCUT2D eigenvalue weighted by Gasteiger charge is -2.11. The minimum Gasteiger partial charge on any atom is -0.457 e. The van der Waals surface area contributed by atoms with Crippen molar-refractivity contribution in [2.75, 3.05) is 20.7 Å². The standard InChI is InChI=1S/C34H28N6O3/c1-23-31(33(41)39(37-23)27-9-5-3-6-10-27)21-35-25-13-17-29(18-14-25)43-30-19-15-26(16-20-30)36-22-32-24(2)38-40(34(32)42)28-11-7-4-8-12-28/h3-22,35-36H,1-2H3/b31-21-,32-22+. The van der Waals surface area contributed by atoms with Crippen molar-refractivity contribution in [1.82, 2.24) is 0 Å². The molecule has 0 aliphatic carbocycles. The number of hydrogen-bond donors (Lipinski definition) is 2. The van der Waals surface area contributed by atoms with Crippen LogP contribution in [0.4, 0.5) is 22.7 Å². The van der Waals surface area contributed by atoms with Crippen LogP contribution in [0.5, 0.6) is 11.5 Å². The maximum atomic E-state index is 12.9. The highest BCUT2D eigenvalue weighted by Crippen LogP contribution is 2.27. The number of carbonyl (C=O) groups excluding carboxylic acids is 2. The number of nitrogens with one attached hydrogen (secondary N) is 2. The van der Waals surface area contributed by atoms with Gasteiger partial charge in [-0.05, 0) is 86.6 Å². The van der Waals surface area contributed by atoms with Gasteiger partial charge in [0.15, 0.2) is 0 Å². The first-order chi connectivity index (χ1) is 21.0. The molecule has 2 heterocycles. The Morgan fingerprint density at radius 1 is 0.558 bits per heavy atom. The Labute approximate surface area is 249 Å². The molecule has 0 unspecified atom stereocenters. The van der Waals surface area contributed by atoms with Gasteiger partial charge in [0.1, 0.15) is 11.5 Å². The Morgan fingerprint density at radius 2 is 0.930 bits per heavy atom. The van der Waals surface area contributed by atoms with Gasteiger partial charge in [-0.1, -0.05) is 36.4 Å². The molecule has 4 aromatic rings. The first-order valence-electron chi connectivity index (χ1n) is 13.7. The second-order valence-corrected chi connectivity index (χ2v) is 9.83. The highest BCUT2D eigenvalue weighted by molar-refractivity contribution is 6.30. The molecule has 0 saturated carbocycles. The second kappa shape index (κ2) is 11.9. The molecule has 6 rings (SSSR count). The fourth-order valence-electron chi connectivity index (χ4n) is 4.54. The Morgan fingerprint density at radius 3 is 1.30 bits per heavy atom. The Kier molecular flexibility index (Phi) is 7.52. The zero-order chi connectivity index (χ0) is 29.8. The maximum Gasteiger partial charge on any atom is 0.282 e. The average Bonchev–Trinajstić information content (AvgIpc) is 3.49. The minimum absolute atomic E-state index is 0.183. The largest absolute Gasteiger partial charge is 0.457 e. The molecule has 4 aromatic carbocycles. The van der Waals surface area contributed by atoms with Crippen LogP contribution in [0, 0.1) is 0 Å². The van der Waals surface area contributed by atoms with Crippen LogP contribution in [0.3, 0.4) is 0 Å². The highest BCUT2D eigenvalue weighted by Gasteiger charge is 2.29. The van der Waals surface area contributed by atoms with Crippen molar-refractivity contribution < 1.29 is 14.3 Å². The predicted molar refractivity (Wildman–Crippen MR) is 170 cm³/mol. The molecule has 212 valence electrons. The summed E-state index contributed by atoms with van der Waals surface area (Å²) >= 11 is 0. The molecule has 2 amide bonds. The third-order valence-electron chi connectivity index (χ3n) is 6.84. The van der Waals surface area contributed by atoms with Gasteiger partial charge in [-0.15, -0.1) is 0 Å². The van der Waals surface area contributed by atoms with Crippen LogP contribution in [0.1, 0.15) is 13.8 Å². The normalized spacial score (nSPS) is 16.5. The van der Waals surface area contributed by atoms with Gasteiger partial charge in [-0.2, -0.15) is 20.2 Å². The van der Waals surface area contributed by atoms with Crippen LogP contribution < -0.4 is 25.4 Å². The SMILES string of the molecule is CC1=NN(c2ccccc2)C(=O)/C1=C\Nc1ccc(Oc2ccc(N/C=C3/C(=O)N(c4ccccc4)N=C3C)cc2)cc1. The van der Waals surface area contributed by atoms with E-state index in [2.05, 4.69) is 20.8 Å². The summed E-state index contributed by atoms with van der Waals surface area (Å²) in [5.41, 5.74) is 5.34. The minimum atomic E-state index is -0.183. The zero-order valence-corrected chi connectivity index (χ0v) is 23.6. The van der Waals surface area contributed by atoms with E-state index in [0.29, 0.717) is 34.1 Å². The molecular formula is C34H28N6O3. The number of para-hydroxylation sites is 2. The molecule has 2 aliphatic heterocycles. The van der Waals surface area contributed by atoms with Gasteiger partial charge in [-0.3, -0.25) is 9.59 Å². The summed E-state index contributed by atoms with van der Waals surface area (Å²) in [7, 11) is 0. The Balaban J connectivity index is 1.04. The molecule has 43 heavy (non-hydrogen) atoms. The highest BCUT2D eigenvalue weighted by atomic mass is 16.5. The monoisotopic (exact) mass is 568 g/mol. The Bertz CT molecular complexity index is 1640. The number of carbonyl (C=O) groups is 2. The fraction of sp³-hybridized carbons (Fsp3) is 0.0588. The summed E-state index contributed by atoms with van der Waals surface area (Å²) < 4.78 is 5.99.